The van der Waals surface area contributed by atoms with Crippen molar-refractivity contribution < 1.29 is 4.42 Å². The highest BCUT2D eigenvalue weighted by molar-refractivity contribution is 6.11. The maximum absolute atomic E-state index is 6.22. The molecule has 4 aromatic carbocycles. The van der Waals surface area contributed by atoms with Gasteiger partial charge in [-0.1, -0.05) is 66.7 Å². The Bertz CT molecular complexity index is 1500. The molecule has 6 aromatic rings. The van der Waals surface area contributed by atoms with E-state index in [4.69, 9.17) is 4.42 Å². The van der Waals surface area contributed by atoms with E-state index in [1.165, 1.54) is 5.56 Å². The number of aromatic nitrogens is 2. The third-order valence-electron chi connectivity index (χ3n) is 5.40. The highest BCUT2D eigenvalue weighted by Gasteiger charge is 2.15. The Kier molecular flexibility index (Phi) is 3.47. The number of fused-ring (bicyclic) bond motifs is 4. The van der Waals surface area contributed by atoms with Crippen molar-refractivity contribution in [1.82, 2.24) is 9.97 Å². The number of hydrogen-bond donors (Lipinski definition) is 0. The van der Waals surface area contributed by atoms with Gasteiger partial charge in [0, 0.05) is 21.7 Å². The molecule has 3 nitrogen and oxygen atoms in total. The number of benzene rings is 4. The molecule has 0 atom stereocenters. The van der Waals surface area contributed by atoms with Crippen LogP contribution in [0.2, 0.25) is 0 Å². The van der Waals surface area contributed by atoms with Gasteiger partial charge in [-0.2, -0.15) is 0 Å². The summed E-state index contributed by atoms with van der Waals surface area (Å²) in [6, 6.07) is 31.1. The van der Waals surface area contributed by atoms with E-state index in [9.17, 15) is 0 Å². The second-order valence-electron chi connectivity index (χ2n) is 7.10. The van der Waals surface area contributed by atoms with Gasteiger partial charge in [0.1, 0.15) is 17.5 Å². The van der Waals surface area contributed by atoms with Crippen LogP contribution in [0.5, 0.6) is 0 Å². The summed E-state index contributed by atoms with van der Waals surface area (Å²) in [6.45, 7) is 0. The van der Waals surface area contributed by atoms with Crippen LogP contribution in [0.3, 0.4) is 0 Å². The minimum absolute atomic E-state index is 0.862. The molecule has 0 amide bonds. The predicted octanol–water partition coefficient (Wildman–Crippen LogP) is 6.86. The molecule has 0 aliphatic rings. The molecule has 0 N–H and O–H groups in total. The lowest BCUT2D eigenvalue weighted by molar-refractivity contribution is 0.670. The zero-order valence-corrected chi connectivity index (χ0v) is 15.5. The van der Waals surface area contributed by atoms with Crippen LogP contribution in [0.1, 0.15) is 0 Å². The SMILES string of the molecule is c1ccc(-c2ccc3c(-c4cccc5c4oc4ccccc45)ncnc3c2)cc1. The maximum atomic E-state index is 6.22. The van der Waals surface area contributed by atoms with Gasteiger partial charge in [0.05, 0.1) is 11.2 Å². The molecule has 0 spiro atoms. The fourth-order valence-corrected chi connectivity index (χ4v) is 4.02. The smallest absolute Gasteiger partial charge is 0.144 e. The molecule has 2 aromatic heterocycles. The number of hydrogen-bond acceptors (Lipinski definition) is 3. The highest BCUT2D eigenvalue weighted by atomic mass is 16.3. The molecule has 0 fully saturated rings. The molecule has 0 radical (unpaired) electrons. The van der Waals surface area contributed by atoms with Crippen LogP contribution in [0.4, 0.5) is 0 Å². The largest absolute Gasteiger partial charge is 0.455 e. The summed E-state index contributed by atoms with van der Waals surface area (Å²) in [5.41, 5.74) is 6.86. The van der Waals surface area contributed by atoms with Gasteiger partial charge in [0.15, 0.2) is 0 Å². The molecular weight excluding hydrogens is 356 g/mol. The lowest BCUT2D eigenvalue weighted by Crippen LogP contribution is -1.90. The Labute approximate surface area is 167 Å². The van der Waals surface area contributed by atoms with E-state index in [1.807, 2.05) is 36.4 Å². The Morgan fingerprint density at radius 2 is 1.41 bits per heavy atom. The average molecular weight is 372 g/mol. The molecule has 0 saturated heterocycles. The van der Waals surface area contributed by atoms with Crippen molar-refractivity contribution in [3.63, 3.8) is 0 Å². The van der Waals surface area contributed by atoms with Crippen molar-refractivity contribution >= 4 is 32.8 Å². The van der Waals surface area contributed by atoms with Gasteiger partial charge >= 0.3 is 0 Å². The van der Waals surface area contributed by atoms with Crippen LogP contribution in [-0.4, -0.2) is 9.97 Å². The molecule has 0 aliphatic heterocycles. The normalized spacial score (nSPS) is 11.4. The van der Waals surface area contributed by atoms with Crippen molar-refractivity contribution in [2.45, 2.75) is 0 Å². The van der Waals surface area contributed by atoms with Gasteiger partial charge in [-0.15, -0.1) is 0 Å². The Balaban J connectivity index is 1.60. The molecule has 0 saturated carbocycles. The molecule has 0 bridgehead atoms. The van der Waals surface area contributed by atoms with E-state index in [2.05, 4.69) is 64.6 Å². The van der Waals surface area contributed by atoms with E-state index in [1.54, 1.807) is 6.33 Å². The van der Waals surface area contributed by atoms with Gasteiger partial charge in [-0.05, 0) is 35.4 Å². The molecule has 0 aliphatic carbocycles. The summed E-state index contributed by atoms with van der Waals surface area (Å²) < 4.78 is 6.22. The second-order valence-corrected chi connectivity index (χ2v) is 7.10. The first-order chi connectivity index (χ1) is 14.4. The Hall–Kier alpha value is -3.98. The average Bonchev–Trinajstić information content (AvgIpc) is 3.18. The van der Waals surface area contributed by atoms with Crippen LogP contribution >= 0.6 is 0 Å². The van der Waals surface area contributed by atoms with Crippen LogP contribution in [0.15, 0.2) is 102 Å². The first-order valence-electron chi connectivity index (χ1n) is 9.59. The van der Waals surface area contributed by atoms with E-state index in [-0.39, 0.29) is 0 Å². The van der Waals surface area contributed by atoms with E-state index in [0.29, 0.717) is 0 Å². The zero-order chi connectivity index (χ0) is 19.2. The topological polar surface area (TPSA) is 38.9 Å². The molecular formula is C26H16N2O. The second kappa shape index (κ2) is 6.28. The number of para-hydroxylation sites is 2. The minimum Gasteiger partial charge on any atom is -0.455 e. The van der Waals surface area contributed by atoms with Crippen molar-refractivity contribution in [3.8, 4) is 22.4 Å². The minimum atomic E-state index is 0.862. The Morgan fingerprint density at radius 1 is 0.586 bits per heavy atom. The quantitative estimate of drug-likeness (QED) is 0.333. The molecule has 29 heavy (non-hydrogen) atoms. The molecule has 0 unspecified atom stereocenters. The number of furan rings is 1. The van der Waals surface area contributed by atoms with E-state index >= 15 is 0 Å². The molecule has 2 heterocycles. The maximum Gasteiger partial charge on any atom is 0.144 e. The summed E-state index contributed by atoms with van der Waals surface area (Å²) in [5.74, 6) is 0. The van der Waals surface area contributed by atoms with Gasteiger partial charge < -0.3 is 4.42 Å². The summed E-state index contributed by atoms with van der Waals surface area (Å²) in [6.07, 6.45) is 1.63. The fraction of sp³-hybridized carbons (Fsp3) is 0. The van der Waals surface area contributed by atoms with Crippen LogP contribution in [0.25, 0.3) is 55.2 Å². The van der Waals surface area contributed by atoms with Crippen LogP contribution in [-0.2, 0) is 0 Å². The monoisotopic (exact) mass is 372 g/mol. The highest BCUT2D eigenvalue weighted by Crippen LogP contribution is 2.37. The first-order valence-corrected chi connectivity index (χ1v) is 9.59. The third kappa shape index (κ3) is 2.52. The summed E-state index contributed by atoms with van der Waals surface area (Å²) in [5, 5.41) is 3.24. The zero-order valence-electron chi connectivity index (χ0n) is 15.5. The van der Waals surface area contributed by atoms with E-state index in [0.717, 1.165) is 49.7 Å². The van der Waals surface area contributed by atoms with E-state index < -0.39 is 0 Å². The van der Waals surface area contributed by atoms with Crippen LogP contribution < -0.4 is 0 Å². The van der Waals surface area contributed by atoms with Gasteiger partial charge in [-0.25, -0.2) is 9.97 Å². The third-order valence-corrected chi connectivity index (χ3v) is 5.40. The lowest BCUT2D eigenvalue weighted by Gasteiger charge is -2.08. The van der Waals surface area contributed by atoms with Crippen molar-refractivity contribution in [2.75, 3.05) is 0 Å². The number of nitrogens with zero attached hydrogens (tertiary/aromatic N) is 2. The summed E-state index contributed by atoms with van der Waals surface area (Å²) in [7, 11) is 0. The van der Waals surface area contributed by atoms with Crippen LogP contribution in [0, 0.1) is 0 Å². The summed E-state index contributed by atoms with van der Waals surface area (Å²) >= 11 is 0. The Morgan fingerprint density at radius 3 is 2.34 bits per heavy atom. The van der Waals surface area contributed by atoms with Crippen molar-refractivity contribution in [1.29, 1.82) is 0 Å². The fourth-order valence-electron chi connectivity index (χ4n) is 4.02. The number of rotatable bonds is 2. The first kappa shape index (κ1) is 16.0. The van der Waals surface area contributed by atoms with Crippen molar-refractivity contribution in [3.05, 3.63) is 97.3 Å². The standard InChI is InChI=1S/C26H16N2O/c1-2-7-17(8-3-1)18-13-14-21-23(15-18)27-16-28-25(21)22-11-6-10-20-19-9-4-5-12-24(19)29-26(20)22/h1-16H. The molecule has 6 rings (SSSR count). The molecule has 3 heteroatoms. The van der Waals surface area contributed by atoms with Gasteiger partial charge in [0.2, 0.25) is 0 Å². The van der Waals surface area contributed by atoms with Gasteiger partial charge in [-0.3, -0.25) is 0 Å². The summed E-state index contributed by atoms with van der Waals surface area (Å²) in [4.78, 5) is 9.16. The van der Waals surface area contributed by atoms with Crippen molar-refractivity contribution in [2.24, 2.45) is 0 Å². The molecule has 136 valence electrons. The predicted molar refractivity (Wildman–Crippen MR) is 118 cm³/mol. The van der Waals surface area contributed by atoms with Gasteiger partial charge in [0.25, 0.3) is 0 Å². The lowest BCUT2D eigenvalue weighted by atomic mass is 10.00.